The molecular formula is C26H33N3O7S3. The van der Waals surface area contributed by atoms with Crippen molar-refractivity contribution in [3.63, 3.8) is 0 Å². The fourth-order valence-electron chi connectivity index (χ4n) is 3.77. The van der Waals surface area contributed by atoms with Gasteiger partial charge in [0.1, 0.15) is 0 Å². The Bertz CT molecular complexity index is 1460. The van der Waals surface area contributed by atoms with E-state index in [-0.39, 0.29) is 40.9 Å². The highest BCUT2D eigenvalue weighted by Gasteiger charge is 2.29. The molecule has 39 heavy (non-hydrogen) atoms. The van der Waals surface area contributed by atoms with E-state index in [2.05, 4.69) is 5.32 Å². The lowest BCUT2D eigenvalue weighted by atomic mass is 10.2. The Morgan fingerprint density at radius 1 is 0.564 bits per heavy atom. The number of aryl methyl sites for hydroxylation is 2. The minimum absolute atomic E-state index is 0.0741. The first-order chi connectivity index (χ1) is 18.3. The van der Waals surface area contributed by atoms with E-state index < -0.39 is 30.2 Å². The summed E-state index contributed by atoms with van der Waals surface area (Å²) in [7, 11) is -11.4. The third-order valence-electron chi connectivity index (χ3n) is 6.03. The maximum absolute atomic E-state index is 13.1. The molecule has 0 radical (unpaired) electrons. The van der Waals surface area contributed by atoms with Crippen LogP contribution in [0.1, 0.15) is 11.1 Å². The summed E-state index contributed by atoms with van der Waals surface area (Å²) in [6.07, 6.45) is 0. The molecule has 1 heterocycles. The van der Waals surface area contributed by atoms with Crippen molar-refractivity contribution in [3.8, 4) is 0 Å². The summed E-state index contributed by atoms with van der Waals surface area (Å²) in [4.78, 5) is 0.362. The van der Waals surface area contributed by atoms with Crippen molar-refractivity contribution < 1.29 is 29.8 Å². The number of hydrogen-bond donors (Lipinski definition) is 2. The van der Waals surface area contributed by atoms with Gasteiger partial charge in [0.25, 0.3) is 10.1 Å². The molecule has 3 aromatic carbocycles. The molecule has 0 bridgehead atoms. The zero-order valence-electron chi connectivity index (χ0n) is 21.8. The zero-order chi connectivity index (χ0) is 28.7. The van der Waals surface area contributed by atoms with Crippen LogP contribution in [0.3, 0.4) is 0 Å². The molecule has 1 fully saturated rings. The molecule has 3 aromatic rings. The van der Waals surface area contributed by atoms with Crippen molar-refractivity contribution in [1.82, 2.24) is 13.9 Å². The number of nitrogens with zero attached hydrogens (tertiary/aromatic N) is 2. The minimum atomic E-state index is -4.00. The van der Waals surface area contributed by atoms with E-state index in [1.54, 1.807) is 66.7 Å². The lowest BCUT2D eigenvalue weighted by Crippen LogP contribution is -2.41. The topological polar surface area (TPSA) is 141 Å². The first-order valence-electron chi connectivity index (χ1n) is 12.2. The van der Waals surface area contributed by atoms with E-state index in [1.807, 2.05) is 13.8 Å². The lowest BCUT2D eigenvalue weighted by molar-refractivity contribution is 0.365. The first kappa shape index (κ1) is 30.9. The molecule has 10 nitrogen and oxygen atoms in total. The van der Waals surface area contributed by atoms with Gasteiger partial charge < -0.3 is 5.32 Å². The molecule has 1 aliphatic heterocycles. The Kier molecular flexibility index (Phi) is 10.4. The third kappa shape index (κ3) is 8.42. The lowest BCUT2D eigenvalue weighted by Gasteiger charge is -2.25. The maximum atomic E-state index is 13.1. The second-order valence-electron chi connectivity index (χ2n) is 8.97. The van der Waals surface area contributed by atoms with Crippen molar-refractivity contribution >= 4 is 30.2 Å². The van der Waals surface area contributed by atoms with Gasteiger partial charge in [0.15, 0.2) is 0 Å². The highest BCUT2D eigenvalue weighted by molar-refractivity contribution is 7.89. The highest BCUT2D eigenvalue weighted by atomic mass is 32.2. The van der Waals surface area contributed by atoms with Crippen LogP contribution in [-0.4, -0.2) is 77.7 Å². The maximum Gasteiger partial charge on any atom is 0.294 e. The molecule has 0 aromatic heterocycles. The normalized spacial score (nSPS) is 16.3. The van der Waals surface area contributed by atoms with Crippen LogP contribution in [0.4, 0.5) is 0 Å². The Balaban J connectivity index is 0.000000353. The molecule has 0 saturated carbocycles. The summed E-state index contributed by atoms with van der Waals surface area (Å²) in [5.74, 6) is 0. The van der Waals surface area contributed by atoms with Crippen molar-refractivity contribution in [2.45, 2.75) is 28.5 Å². The Morgan fingerprint density at radius 2 is 0.949 bits per heavy atom. The molecular weight excluding hydrogens is 563 g/mol. The van der Waals surface area contributed by atoms with E-state index in [0.29, 0.717) is 13.1 Å². The highest BCUT2D eigenvalue weighted by Crippen LogP contribution is 2.19. The van der Waals surface area contributed by atoms with Crippen LogP contribution < -0.4 is 5.32 Å². The molecule has 4 rings (SSSR count). The molecule has 0 aliphatic carbocycles. The van der Waals surface area contributed by atoms with Gasteiger partial charge in [-0.3, -0.25) is 4.55 Å². The van der Waals surface area contributed by atoms with Gasteiger partial charge in [-0.15, -0.1) is 0 Å². The van der Waals surface area contributed by atoms with Gasteiger partial charge in [-0.1, -0.05) is 53.6 Å². The van der Waals surface area contributed by atoms with E-state index in [4.69, 9.17) is 4.55 Å². The molecule has 1 aliphatic rings. The van der Waals surface area contributed by atoms with E-state index >= 15 is 0 Å². The van der Waals surface area contributed by atoms with Crippen LogP contribution in [0, 0.1) is 13.8 Å². The minimum Gasteiger partial charge on any atom is -0.314 e. The number of sulfonamides is 2. The summed E-state index contributed by atoms with van der Waals surface area (Å²) >= 11 is 0. The molecule has 0 atom stereocenters. The summed E-state index contributed by atoms with van der Waals surface area (Å²) in [6, 6.07) is 20.8. The van der Waals surface area contributed by atoms with E-state index in [0.717, 1.165) is 11.1 Å². The average molecular weight is 596 g/mol. The SMILES string of the molecule is Cc1ccc(S(=O)(=O)N2CCNCCN(S(=O)(=O)c3ccc(C)cc3)CC2)cc1.O=S(=O)(O)c1ccccc1. The summed E-state index contributed by atoms with van der Waals surface area (Å²) in [5.41, 5.74) is 1.95. The molecule has 13 heteroatoms. The smallest absolute Gasteiger partial charge is 0.294 e. The Morgan fingerprint density at radius 3 is 1.28 bits per heavy atom. The van der Waals surface area contributed by atoms with Crippen LogP contribution >= 0.6 is 0 Å². The number of rotatable bonds is 5. The monoisotopic (exact) mass is 595 g/mol. The van der Waals surface area contributed by atoms with Crippen molar-refractivity contribution in [3.05, 3.63) is 90.0 Å². The largest absolute Gasteiger partial charge is 0.314 e. The first-order valence-corrected chi connectivity index (χ1v) is 16.5. The van der Waals surface area contributed by atoms with Crippen molar-refractivity contribution in [1.29, 1.82) is 0 Å². The fraction of sp³-hybridized carbons (Fsp3) is 0.308. The summed E-state index contributed by atoms with van der Waals surface area (Å²) in [6.45, 7) is 5.49. The molecule has 212 valence electrons. The van der Waals surface area contributed by atoms with E-state index in [9.17, 15) is 25.3 Å². The van der Waals surface area contributed by atoms with Gasteiger partial charge in [-0.25, -0.2) is 16.8 Å². The van der Waals surface area contributed by atoms with Gasteiger partial charge in [-0.05, 0) is 50.2 Å². The van der Waals surface area contributed by atoms with Crippen LogP contribution in [-0.2, 0) is 30.2 Å². The summed E-state index contributed by atoms with van der Waals surface area (Å²) < 4.78 is 84.2. The quantitative estimate of drug-likeness (QED) is 0.429. The van der Waals surface area contributed by atoms with Crippen molar-refractivity contribution in [2.75, 3.05) is 39.3 Å². The second kappa shape index (κ2) is 13.1. The Hall–Kier alpha value is -2.65. The van der Waals surface area contributed by atoms with Crippen LogP contribution in [0.25, 0.3) is 0 Å². The molecule has 0 amide bonds. The molecule has 0 unspecified atom stereocenters. The molecule has 1 saturated heterocycles. The van der Waals surface area contributed by atoms with Gasteiger partial charge in [0, 0.05) is 39.3 Å². The third-order valence-corrected chi connectivity index (χ3v) is 10.7. The second-order valence-corrected chi connectivity index (χ2v) is 14.3. The van der Waals surface area contributed by atoms with Gasteiger partial charge >= 0.3 is 0 Å². The van der Waals surface area contributed by atoms with Crippen LogP contribution in [0.5, 0.6) is 0 Å². The van der Waals surface area contributed by atoms with Gasteiger partial charge in [0.2, 0.25) is 20.0 Å². The average Bonchev–Trinajstić information content (AvgIpc) is 3.03. The predicted molar refractivity (Wildman–Crippen MR) is 149 cm³/mol. The number of benzene rings is 3. The number of hydrogen-bond acceptors (Lipinski definition) is 7. The molecule has 2 N–H and O–H groups in total. The van der Waals surface area contributed by atoms with Gasteiger partial charge in [-0.2, -0.15) is 17.0 Å². The predicted octanol–water partition coefficient (Wildman–Crippen LogP) is 2.52. The van der Waals surface area contributed by atoms with E-state index in [1.165, 1.54) is 20.7 Å². The van der Waals surface area contributed by atoms with Crippen molar-refractivity contribution in [2.24, 2.45) is 0 Å². The van der Waals surface area contributed by atoms with Gasteiger partial charge in [0.05, 0.1) is 14.7 Å². The standard InChI is InChI=1S/C20H27N3O4S2.C6H6O3S/c1-17-3-7-19(8-4-17)28(24,25)22-13-11-21-12-14-23(16-15-22)29(26,27)20-9-5-18(2)6-10-20;7-10(8,9)6-4-2-1-3-5-6/h3-10,21H,11-16H2,1-2H3;1-5H,(H,7,8,9). The number of nitrogens with one attached hydrogen (secondary N) is 1. The fourth-order valence-corrected chi connectivity index (χ4v) is 7.14. The zero-order valence-corrected chi connectivity index (χ0v) is 24.2. The van der Waals surface area contributed by atoms with Crippen LogP contribution in [0.15, 0.2) is 93.5 Å². The molecule has 0 spiro atoms. The summed E-state index contributed by atoms with van der Waals surface area (Å²) in [5, 5.41) is 3.14. The Labute approximate surface area is 231 Å². The van der Waals surface area contributed by atoms with Crippen LogP contribution in [0.2, 0.25) is 0 Å².